The lowest BCUT2D eigenvalue weighted by molar-refractivity contribution is -0.137. The molecule has 0 saturated carbocycles. The number of halogens is 4. The van der Waals surface area contributed by atoms with Crippen molar-refractivity contribution in [1.29, 1.82) is 0 Å². The SMILES string of the molecule is O=c1nc(SCc2ccc(F)cc2)n(Cc2ncc(CN3CCN(Cc4ccccc4)CC3)n2Cc2ccc(-c3ccc(C(F)(F)F)cc3)cc2)c2c1CCC2. The largest absolute Gasteiger partial charge is 0.416 e. The van der Waals surface area contributed by atoms with Crippen molar-refractivity contribution in [3.05, 3.63) is 171 Å². The minimum atomic E-state index is -4.38. The van der Waals surface area contributed by atoms with Crippen LogP contribution in [-0.2, 0) is 50.9 Å². The van der Waals surface area contributed by atoms with E-state index in [1.165, 1.54) is 41.6 Å². The summed E-state index contributed by atoms with van der Waals surface area (Å²) >= 11 is 1.47. The van der Waals surface area contributed by atoms with Crippen LogP contribution < -0.4 is 5.56 Å². The second-order valence-electron chi connectivity index (χ2n) is 14.5. The van der Waals surface area contributed by atoms with Crippen molar-refractivity contribution >= 4 is 11.8 Å². The Morgan fingerprint density at radius 3 is 1.96 bits per heavy atom. The number of imidazole rings is 1. The van der Waals surface area contributed by atoms with Crippen molar-refractivity contribution in [2.24, 2.45) is 0 Å². The summed E-state index contributed by atoms with van der Waals surface area (Å²) in [5, 5.41) is 0.617. The summed E-state index contributed by atoms with van der Waals surface area (Å²) in [6, 6.07) is 30.1. The van der Waals surface area contributed by atoms with Gasteiger partial charge in [-0.1, -0.05) is 90.6 Å². The molecule has 0 spiro atoms. The molecule has 0 amide bonds. The molecule has 0 unspecified atom stereocenters. The van der Waals surface area contributed by atoms with Crippen LogP contribution in [0.1, 0.15) is 51.5 Å². The molecule has 3 heterocycles. The second-order valence-corrected chi connectivity index (χ2v) is 15.5. The molecule has 0 atom stereocenters. The van der Waals surface area contributed by atoms with Crippen LogP contribution in [0.2, 0.25) is 0 Å². The Morgan fingerprint density at radius 1 is 0.661 bits per heavy atom. The Hall–Kier alpha value is -5.04. The van der Waals surface area contributed by atoms with Crippen molar-refractivity contribution in [2.45, 2.75) is 62.5 Å². The zero-order valence-electron chi connectivity index (χ0n) is 30.9. The van der Waals surface area contributed by atoms with Crippen LogP contribution in [-0.4, -0.2) is 55.1 Å². The zero-order valence-corrected chi connectivity index (χ0v) is 31.7. The lowest BCUT2D eigenvalue weighted by atomic mass is 10.0. The van der Waals surface area contributed by atoms with E-state index in [0.717, 1.165) is 104 Å². The molecule has 1 fully saturated rings. The fraction of sp³-hybridized carbons (Fsp3) is 0.295. The maximum absolute atomic E-state index is 13.6. The van der Waals surface area contributed by atoms with Gasteiger partial charge < -0.3 is 9.13 Å². The quantitative estimate of drug-likeness (QED) is 0.0707. The molecule has 8 rings (SSSR count). The van der Waals surface area contributed by atoms with E-state index >= 15 is 0 Å². The fourth-order valence-electron chi connectivity index (χ4n) is 7.64. The first kappa shape index (κ1) is 37.9. The fourth-order valence-corrected chi connectivity index (χ4v) is 8.61. The van der Waals surface area contributed by atoms with E-state index in [0.29, 0.717) is 36.0 Å². The Kier molecular flexibility index (Phi) is 11.2. The molecule has 2 aliphatic rings. The number of thioether (sulfide) groups is 1. The van der Waals surface area contributed by atoms with E-state index in [2.05, 4.69) is 48.2 Å². The number of hydrogen-bond donors (Lipinski definition) is 0. The van der Waals surface area contributed by atoms with Crippen molar-refractivity contribution < 1.29 is 17.6 Å². The van der Waals surface area contributed by atoms with Crippen molar-refractivity contribution in [3.63, 3.8) is 0 Å². The second kappa shape index (κ2) is 16.6. The summed E-state index contributed by atoms with van der Waals surface area (Å²) in [7, 11) is 0. The highest BCUT2D eigenvalue weighted by Crippen LogP contribution is 2.32. The van der Waals surface area contributed by atoms with Crippen LogP contribution in [0, 0.1) is 5.82 Å². The lowest BCUT2D eigenvalue weighted by Gasteiger charge is -2.34. The summed E-state index contributed by atoms with van der Waals surface area (Å²) in [5.41, 5.74) is 6.81. The first-order valence-corrected chi connectivity index (χ1v) is 19.9. The maximum atomic E-state index is 13.6. The van der Waals surface area contributed by atoms with Crippen LogP contribution in [0.4, 0.5) is 17.6 Å². The number of rotatable bonds is 12. The standard InChI is InChI=1S/C44H42F4N6OS/c45-37-19-11-33(12-20-37)30-56-43-50-42(55)39-7-4-8-40(39)54(43)29-41-49-25-38(28-52-23-21-51(22-24-52)26-31-5-2-1-3-6-31)53(41)27-32-9-13-34(14-10-32)35-15-17-36(18-16-35)44(46,47)48/h1-3,5-6,9-20,25H,4,7-8,21-24,26-30H2. The van der Waals surface area contributed by atoms with Gasteiger partial charge in [-0.05, 0) is 71.3 Å². The predicted molar refractivity (Wildman–Crippen MR) is 211 cm³/mol. The van der Waals surface area contributed by atoms with E-state index in [1.807, 2.05) is 36.5 Å². The van der Waals surface area contributed by atoms with Gasteiger partial charge in [0.15, 0.2) is 5.16 Å². The molecule has 1 aliphatic heterocycles. The number of benzene rings is 4. The van der Waals surface area contributed by atoms with Crippen LogP contribution in [0.25, 0.3) is 11.1 Å². The van der Waals surface area contributed by atoms with Gasteiger partial charge in [-0.25, -0.2) is 9.37 Å². The number of piperazine rings is 1. The van der Waals surface area contributed by atoms with E-state index in [1.54, 1.807) is 12.1 Å². The molecular weight excluding hydrogens is 737 g/mol. The molecular formula is C44H42F4N6OS. The molecule has 6 aromatic rings. The molecule has 0 N–H and O–H groups in total. The van der Waals surface area contributed by atoms with Gasteiger partial charge in [0, 0.05) is 69.0 Å². The third-order valence-corrected chi connectivity index (χ3v) is 11.8. The zero-order chi connectivity index (χ0) is 38.6. The molecule has 12 heteroatoms. The molecule has 7 nitrogen and oxygen atoms in total. The third kappa shape index (κ3) is 8.83. The van der Waals surface area contributed by atoms with Crippen LogP contribution in [0.15, 0.2) is 119 Å². The molecule has 1 aliphatic carbocycles. The molecule has 4 aromatic carbocycles. The highest BCUT2D eigenvalue weighted by Gasteiger charge is 2.30. The highest BCUT2D eigenvalue weighted by molar-refractivity contribution is 7.98. The first-order chi connectivity index (χ1) is 27.2. The normalized spacial score (nSPS) is 15.0. The van der Waals surface area contributed by atoms with Gasteiger partial charge in [-0.15, -0.1) is 0 Å². The topological polar surface area (TPSA) is 59.2 Å². The van der Waals surface area contributed by atoms with Gasteiger partial charge >= 0.3 is 6.18 Å². The van der Waals surface area contributed by atoms with Gasteiger partial charge in [-0.2, -0.15) is 18.2 Å². The molecule has 0 bridgehead atoms. The average Bonchev–Trinajstić information content (AvgIpc) is 3.85. The predicted octanol–water partition coefficient (Wildman–Crippen LogP) is 8.46. The average molecular weight is 779 g/mol. The summed E-state index contributed by atoms with van der Waals surface area (Å²) < 4.78 is 57.6. The van der Waals surface area contributed by atoms with Crippen molar-refractivity contribution in [2.75, 3.05) is 26.2 Å². The Balaban J connectivity index is 1.07. The molecule has 1 saturated heterocycles. The Bertz CT molecular complexity index is 2320. The van der Waals surface area contributed by atoms with Crippen molar-refractivity contribution in [1.82, 2.24) is 28.9 Å². The number of hydrogen-bond acceptors (Lipinski definition) is 6. The third-order valence-electron chi connectivity index (χ3n) is 10.7. The lowest BCUT2D eigenvalue weighted by Crippen LogP contribution is -2.45. The van der Waals surface area contributed by atoms with E-state index < -0.39 is 11.7 Å². The van der Waals surface area contributed by atoms with Gasteiger partial charge in [0.05, 0.1) is 17.8 Å². The minimum Gasteiger partial charge on any atom is -0.325 e. The minimum absolute atomic E-state index is 0.182. The number of fused-ring (bicyclic) bond motifs is 1. The Labute approximate surface area is 327 Å². The molecule has 2 aromatic heterocycles. The monoisotopic (exact) mass is 778 g/mol. The summed E-state index contributed by atoms with van der Waals surface area (Å²) in [6.45, 7) is 6.40. The van der Waals surface area contributed by atoms with Crippen LogP contribution in [0.3, 0.4) is 0 Å². The number of aromatic nitrogens is 4. The van der Waals surface area contributed by atoms with Crippen molar-refractivity contribution in [3.8, 4) is 11.1 Å². The summed E-state index contributed by atoms with van der Waals surface area (Å²) in [6.07, 6.45) is -0.0517. The molecule has 288 valence electrons. The van der Waals surface area contributed by atoms with Crippen LogP contribution >= 0.6 is 11.8 Å². The van der Waals surface area contributed by atoms with E-state index in [-0.39, 0.29) is 11.4 Å². The van der Waals surface area contributed by atoms with Gasteiger partial charge in [-0.3, -0.25) is 14.6 Å². The first-order valence-electron chi connectivity index (χ1n) is 18.9. The van der Waals surface area contributed by atoms with Gasteiger partial charge in [0.2, 0.25) is 0 Å². The summed E-state index contributed by atoms with van der Waals surface area (Å²) in [5.74, 6) is 1.09. The van der Waals surface area contributed by atoms with Gasteiger partial charge in [0.1, 0.15) is 11.6 Å². The highest BCUT2D eigenvalue weighted by atomic mass is 32.2. The van der Waals surface area contributed by atoms with E-state index in [4.69, 9.17) is 4.98 Å². The number of alkyl halides is 3. The van der Waals surface area contributed by atoms with E-state index in [9.17, 15) is 22.4 Å². The van der Waals surface area contributed by atoms with Gasteiger partial charge in [0.25, 0.3) is 5.56 Å². The molecule has 56 heavy (non-hydrogen) atoms. The Morgan fingerprint density at radius 2 is 1.29 bits per heavy atom. The molecule has 0 radical (unpaired) electrons. The number of nitrogens with zero attached hydrogens (tertiary/aromatic N) is 6. The maximum Gasteiger partial charge on any atom is 0.416 e. The summed E-state index contributed by atoms with van der Waals surface area (Å²) in [4.78, 5) is 27.7. The smallest absolute Gasteiger partial charge is 0.325 e. The van der Waals surface area contributed by atoms with Crippen LogP contribution in [0.5, 0.6) is 0 Å².